The molecule has 0 aromatic rings. The number of ketones is 1. The van der Waals surface area contributed by atoms with Crippen molar-refractivity contribution < 1.29 is 9.90 Å². The summed E-state index contributed by atoms with van der Waals surface area (Å²) in [5.41, 5.74) is 0.308. The van der Waals surface area contributed by atoms with Crippen molar-refractivity contribution in [2.24, 2.45) is 52.3 Å². The van der Waals surface area contributed by atoms with E-state index >= 15 is 0 Å². The van der Waals surface area contributed by atoms with Gasteiger partial charge in [-0.2, -0.15) is 0 Å². The maximum absolute atomic E-state index is 12.7. The molecule has 0 amide bonds. The lowest BCUT2D eigenvalue weighted by molar-refractivity contribution is -0.152. The van der Waals surface area contributed by atoms with Crippen LogP contribution in [0.15, 0.2) is 12.2 Å². The Labute approximate surface area is 177 Å². The van der Waals surface area contributed by atoms with Crippen LogP contribution < -0.4 is 5.32 Å². The van der Waals surface area contributed by atoms with E-state index in [0.717, 1.165) is 44.1 Å². The molecule has 1 heterocycles. The second-order valence-corrected chi connectivity index (χ2v) is 11.8. The molecular formula is C26H41NO2. The summed E-state index contributed by atoms with van der Waals surface area (Å²) in [5, 5.41) is 13.9. The maximum Gasteiger partial charge on any atom is 0.139 e. The Morgan fingerprint density at radius 3 is 2.59 bits per heavy atom. The average Bonchev–Trinajstić information content (AvgIpc) is 3.34. The molecule has 0 radical (unpaired) electrons. The molecule has 0 bridgehead atoms. The van der Waals surface area contributed by atoms with Gasteiger partial charge in [-0.1, -0.05) is 26.0 Å². The number of rotatable bonds is 3. The minimum atomic E-state index is -0.0559. The summed E-state index contributed by atoms with van der Waals surface area (Å²) in [6.45, 7) is 7.48. The van der Waals surface area contributed by atoms with Gasteiger partial charge in [-0.05, 0) is 105 Å². The molecule has 3 heteroatoms. The van der Waals surface area contributed by atoms with Crippen molar-refractivity contribution >= 4 is 5.78 Å². The van der Waals surface area contributed by atoms with E-state index in [1.165, 1.54) is 38.6 Å². The molecule has 4 saturated carbocycles. The zero-order valence-electron chi connectivity index (χ0n) is 18.5. The molecule has 1 unspecified atom stereocenters. The molecule has 9 atom stereocenters. The Kier molecular flexibility index (Phi) is 5.22. The molecule has 29 heavy (non-hydrogen) atoms. The highest BCUT2D eigenvalue weighted by Crippen LogP contribution is 2.67. The fourth-order valence-electron chi connectivity index (χ4n) is 8.84. The van der Waals surface area contributed by atoms with E-state index in [4.69, 9.17) is 0 Å². The number of allylic oxidation sites excluding steroid dienone is 1. The number of hydrogen-bond acceptors (Lipinski definition) is 3. The van der Waals surface area contributed by atoms with Crippen molar-refractivity contribution in [3.8, 4) is 0 Å². The number of aliphatic hydroxyl groups is 1. The summed E-state index contributed by atoms with van der Waals surface area (Å²) in [4.78, 5) is 12.7. The first-order valence-electron chi connectivity index (χ1n) is 12.5. The van der Waals surface area contributed by atoms with Crippen molar-refractivity contribution in [2.45, 2.75) is 71.6 Å². The van der Waals surface area contributed by atoms with Crippen LogP contribution in [0.4, 0.5) is 0 Å². The van der Waals surface area contributed by atoms with E-state index in [1.807, 2.05) is 0 Å². The molecule has 5 aliphatic rings. The summed E-state index contributed by atoms with van der Waals surface area (Å²) in [5.74, 6) is 5.05. The Morgan fingerprint density at radius 2 is 1.83 bits per heavy atom. The molecule has 0 aromatic carbocycles. The smallest absolute Gasteiger partial charge is 0.139 e. The zero-order valence-corrected chi connectivity index (χ0v) is 18.5. The van der Waals surface area contributed by atoms with Crippen molar-refractivity contribution in [1.82, 2.24) is 5.32 Å². The van der Waals surface area contributed by atoms with Crippen LogP contribution in [0.25, 0.3) is 0 Å². The minimum absolute atomic E-state index is 0.0559. The number of carbonyl (C=O) groups is 1. The molecule has 3 nitrogen and oxygen atoms in total. The van der Waals surface area contributed by atoms with E-state index in [-0.39, 0.29) is 5.41 Å². The molecule has 1 saturated heterocycles. The summed E-state index contributed by atoms with van der Waals surface area (Å²) in [6, 6.07) is 0. The lowest BCUT2D eigenvalue weighted by atomic mass is 9.42. The molecule has 1 aliphatic heterocycles. The van der Waals surface area contributed by atoms with Gasteiger partial charge in [-0.3, -0.25) is 4.79 Å². The van der Waals surface area contributed by atoms with Gasteiger partial charge in [-0.15, -0.1) is 0 Å². The normalized spacial score (nSPS) is 52.4. The summed E-state index contributed by atoms with van der Waals surface area (Å²) in [6.07, 6.45) is 15.6. The van der Waals surface area contributed by atoms with Gasteiger partial charge in [0.1, 0.15) is 5.78 Å². The predicted molar refractivity (Wildman–Crippen MR) is 116 cm³/mol. The third kappa shape index (κ3) is 3.17. The van der Waals surface area contributed by atoms with Crippen molar-refractivity contribution in [3.63, 3.8) is 0 Å². The number of hydrogen-bond donors (Lipinski definition) is 2. The van der Waals surface area contributed by atoms with Gasteiger partial charge < -0.3 is 10.4 Å². The van der Waals surface area contributed by atoms with E-state index in [1.54, 1.807) is 0 Å². The average molecular weight is 400 g/mol. The number of Topliss-reactive ketones (excluding diaryl/α,β-unsaturated/α-hetero) is 1. The fraction of sp³-hybridized carbons (Fsp3) is 0.885. The molecule has 5 rings (SSSR count). The molecule has 5 fully saturated rings. The maximum atomic E-state index is 12.7. The Balaban J connectivity index is 1.36. The lowest BCUT2D eigenvalue weighted by Crippen LogP contribution is -2.56. The number of aliphatic hydroxyl groups excluding tert-OH is 1. The second kappa shape index (κ2) is 7.48. The second-order valence-electron chi connectivity index (χ2n) is 11.8. The van der Waals surface area contributed by atoms with Gasteiger partial charge in [0.15, 0.2) is 0 Å². The van der Waals surface area contributed by atoms with Crippen molar-refractivity contribution in [1.29, 1.82) is 0 Å². The van der Waals surface area contributed by atoms with E-state index in [2.05, 4.69) is 31.3 Å². The summed E-state index contributed by atoms with van der Waals surface area (Å²) in [7, 11) is 0. The highest BCUT2D eigenvalue weighted by molar-refractivity contribution is 5.87. The van der Waals surface area contributed by atoms with Gasteiger partial charge in [-0.25, -0.2) is 0 Å². The van der Waals surface area contributed by atoms with Crippen LogP contribution in [-0.2, 0) is 4.79 Å². The van der Waals surface area contributed by atoms with Crippen LogP contribution in [0, 0.1) is 52.3 Å². The topological polar surface area (TPSA) is 49.3 Å². The van der Waals surface area contributed by atoms with Gasteiger partial charge in [0.2, 0.25) is 0 Å². The van der Waals surface area contributed by atoms with Crippen LogP contribution in [0.2, 0.25) is 0 Å². The predicted octanol–water partition coefficient (Wildman–Crippen LogP) is 4.60. The van der Waals surface area contributed by atoms with Crippen molar-refractivity contribution in [3.05, 3.63) is 12.2 Å². The lowest BCUT2D eigenvalue weighted by Gasteiger charge is -2.62. The number of nitrogens with one attached hydrogen (secondary N) is 1. The zero-order chi connectivity index (χ0) is 20.2. The summed E-state index contributed by atoms with van der Waals surface area (Å²) < 4.78 is 0. The van der Waals surface area contributed by atoms with Crippen LogP contribution in [0.1, 0.15) is 71.6 Å². The molecular weight excluding hydrogens is 358 g/mol. The standard InChI is InChI=1S/C26H41NO2/c1-25-10-7-17(3-4-18-9-12-27-15-18)13-23(25)19(16-28)14-20-21-5-6-24(29)26(21,2)11-8-22(20)25/h3-4,17-23,27-28H,5-16H2,1-2H3/t17-,18+,19-,20+,21+,22+,23?,25-,26+/m1/s1. The largest absolute Gasteiger partial charge is 0.396 e. The monoisotopic (exact) mass is 399 g/mol. The van der Waals surface area contributed by atoms with E-state index < -0.39 is 0 Å². The van der Waals surface area contributed by atoms with Gasteiger partial charge in [0, 0.05) is 25.0 Å². The third-order valence-electron chi connectivity index (χ3n) is 10.6. The molecule has 4 aliphatic carbocycles. The fourth-order valence-corrected chi connectivity index (χ4v) is 8.84. The highest BCUT2D eigenvalue weighted by atomic mass is 16.3. The summed E-state index contributed by atoms with van der Waals surface area (Å²) >= 11 is 0. The Morgan fingerprint density at radius 1 is 1.00 bits per heavy atom. The Bertz CT molecular complexity index is 668. The van der Waals surface area contributed by atoms with E-state index in [9.17, 15) is 9.90 Å². The van der Waals surface area contributed by atoms with Crippen molar-refractivity contribution in [2.75, 3.05) is 19.7 Å². The molecule has 2 N–H and O–H groups in total. The van der Waals surface area contributed by atoms with Crippen LogP contribution >= 0.6 is 0 Å². The van der Waals surface area contributed by atoms with Gasteiger partial charge >= 0.3 is 0 Å². The molecule has 162 valence electrons. The van der Waals surface area contributed by atoms with E-state index in [0.29, 0.717) is 47.4 Å². The first kappa shape index (κ1) is 20.2. The van der Waals surface area contributed by atoms with Crippen LogP contribution in [0.5, 0.6) is 0 Å². The number of fused-ring (bicyclic) bond motifs is 5. The third-order valence-corrected chi connectivity index (χ3v) is 10.6. The molecule has 0 aromatic heterocycles. The minimum Gasteiger partial charge on any atom is -0.396 e. The first-order chi connectivity index (χ1) is 14.0. The quantitative estimate of drug-likeness (QED) is 0.682. The highest BCUT2D eigenvalue weighted by Gasteiger charge is 2.61. The number of carbonyl (C=O) groups excluding carboxylic acids is 1. The molecule has 0 spiro atoms. The van der Waals surface area contributed by atoms with Crippen LogP contribution in [-0.4, -0.2) is 30.6 Å². The SMILES string of the molecule is C[C@]12CC[C@@H](C=C[C@H]3CCNC3)CC1[C@@H](CO)C[C@@H]1[C@@H]2CC[C@]2(C)C(=O)CC[C@@H]12. The Hall–Kier alpha value is -0.670. The van der Waals surface area contributed by atoms with Crippen LogP contribution in [0.3, 0.4) is 0 Å². The van der Waals surface area contributed by atoms with Gasteiger partial charge in [0.25, 0.3) is 0 Å². The first-order valence-corrected chi connectivity index (χ1v) is 12.5. The van der Waals surface area contributed by atoms with Gasteiger partial charge in [0.05, 0.1) is 0 Å².